The van der Waals surface area contributed by atoms with Crippen LogP contribution in [0.3, 0.4) is 0 Å². The normalized spacial score (nSPS) is 35.7. The highest BCUT2D eigenvalue weighted by Gasteiger charge is 2.55. The maximum Gasteiger partial charge on any atom is 0.331 e. The average Bonchev–Trinajstić information content (AvgIpc) is 3.01. The van der Waals surface area contributed by atoms with Crippen molar-refractivity contribution < 1.29 is 74.1 Å². The van der Waals surface area contributed by atoms with Gasteiger partial charge in [-0.05, 0) is 48.4 Å². The minimum atomic E-state index is -1.73. The molecular weight excluding hydrogens is 588 g/mol. The van der Waals surface area contributed by atoms with Gasteiger partial charge in [-0.3, -0.25) is 0 Å². The first kappa shape index (κ1) is 31.9. The lowest BCUT2D eigenvalue weighted by atomic mass is 9.95. The largest absolute Gasteiger partial charge is 0.504 e. The predicted molar refractivity (Wildman–Crippen MR) is 145 cm³/mol. The van der Waals surface area contributed by atoms with Crippen molar-refractivity contribution in [3.05, 3.63) is 53.6 Å². The number of phenolic OH excluding ortho intramolecular Hbond substituents is 4. The molecule has 0 unspecified atom stereocenters. The number of rotatable bonds is 7. The first-order valence-electron chi connectivity index (χ1n) is 13.8. The molecule has 8 N–H and O–H groups in total. The third-order valence-corrected chi connectivity index (χ3v) is 7.64. The fourth-order valence-electron chi connectivity index (χ4n) is 5.19. The molecule has 11 atom stereocenters. The average molecular weight is 623 g/mol. The lowest BCUT2D eigenvalue weighted by molar-refractivity contribution is -0.384. The Labute approximate surface area is 250 Å². The zero-order chi connectivity index (χ0) is 31.7. The summed E-state index contributed by atoms with van der Waals surface area (Å²) in [5.41, 5.74) is 0.768. The number of hydrogen-bond acceptors (Lipinski definition) is 15. The van der Waals surface area contributed by atoms with Crippen molar-refractivity contribution in [1.82, 2.24) is 0 Å². The third-order valence-electron chi connectivity index (χ3n) is 7.64. The minimum absolute atomic E-state index is 0.0760. The van der Waals surface area contributed by atoms with Gasteiger partial charge in [-0.2, -0.15) is 0 Å². The molecule has 0 radical (unpaired) electrons. The van der Waals surface area contributed by atoms with Gasteiger partial charge in [0.15, 0.2) is 41.7 Å². The van der Waals surface area contributed by atoms with E-state index in [0.717, 1.165) is 6.08 Å². The minimum Gasteiger partial charge on any atom is -0.504 e. The fourth-order valence-corrected chi connectivity index (χ4v) is 5.19. The molecule has 0 spiro atoms. The molecule has 0 bridgehead atoms. The number of fused-ring (bicyclic) bond motifs is 1. The van der Waals surface area contributed by atoms with Crippen LogP contribution in [0.25, 0.3) is 6.08 Å². The van der Waals surface area contributed by atoms with E-state index in [0.29, 0.717) is 11.1 Å². The van der Waals surface area contributed by atoms with Crippen LogP contribution in [0.5, 0.6) is 23.0 Å². The molecule has 15 nitrogen and oxygen atoms in total. The van der Waals surface area contributed by atoms with Crippen LogP contribution in [0, 0.1) is 0 Å². The molecule has 44 heavy (non-hydrogen) atoms. The number of ether oxygens (including phenoxy) is 6. The van der Waals surface area contributed by atoms with Crippen LogP contribution >= 0.6 is 0 Å². The van der Waals surface area contributed by atoms with Crippen LogP contribution < -0.4 is 0 Å². The predicted octanol–water partition coefficient (Wildman–Crippen LogP) is -0.479. The van der Waals surface area contributed by atoms with Crippen molar-refractivity contribution in [2.75, 3.05) is 13.2 Å². The van der Waals surface area contributed by atoms with Crippen LogP contribution in [-0.4, -0.2) is 121 Å². The van der Waals surface area contributed by atoms with Gasteiger partial charge >= 0.3 is 5.97 Å². The molecule has 0 aliphatic carbocycles. The van der Waals surface area contributed by atoms with Gasteiger partial charge in [0.05, 0.1) is 19.3 Å². The molecule has 3 fully saturated rings. The van der Waals surface area contributed by atoms with Gasteiger partial charge in [0, 0.05) is 6.08 Å². The Morgan fingerprint density at radius 2 is 1.59 bits per heavy atom. The Morgan fingerprint density at radius 3 is 2.27 bits per heavy atom. The van der Waals surface area contributed by atoms with Gasteiger partial charge in [-0.25, -0.2) is 4.79 Å². The summed E-state index contributed by atoms with van der Waals surface area (Å²) in [6, 6.07) is 7.92. The van der Waals surface area contributed by atoms with Crippen molar-refractivity contribution >= 4 is 12.0 Å². The molecular formula is C29H34O15. The van der Waals surface area contributed by atoms with E-state index in [9.17, 15) is 45.6 Å². The summed E-state index contributed by atoms with van der Waals surface area (Å²) in [6.07, 6.45) is -12.2. The summed E-state index contributed by atoms with van der Waals surface area (Å²) in [6.45, 7) is 0.713. The van der Waals surface area contributed by atoms with Crippen molar-refractivity contribution in [2.45, 2.75) is 74.4 Å². The Morgan fingerprint density at radius 1 is 0.886 bits per heavy atom. The van der Waals surface area contributed by atoms with E-state index in [4.69, 9.17) is 28.4 Å². The number of aromatic hydroxyl groups is 4. The molecule has 3 aliphatic heterocycles. The molecule has 240 valence electrons. The molecule has 0 saturated carbocycles. The molecule has 3 aliphatic rings. The molecule has 3 saturated heterocycles. The first-order chi connectivity index (χ1) is 21.0. The van der Waals surface area contributed by atoms with E-state index >= 15 is 0 Å². The van der Waals surface area contributed by atoms with Crippen LogP contribution in [0.4, 0.5) is 0 Å². The first-order valence-corrected chi connectivity index (χ1v) is 13.8. The SMILES string of the molecule is C[C@H]1O[C@@H](O[C@H]2[C@@H]3O[C@H](c4ccc(O)c(O)c4)CO[C@@H]3O[C@H](CO)[C@H]2OC(=O)C=Cc2ccc(O)c(O)c2)[C@H](O)[C@H](O)[C@H]1O. The monoisotopic (exact) mass is 622 g/mol. The van der Waals surface area contributed by atoms with Crippen molar-refractivity contribution in [3.8, 4) is 23.0 Å². The summed E-state index contributed by atoms with van der Waals surface area (Å²) in [4.78, 5) is 13.0. The molecule has 0 aromatic heterocycles. The van der Waals surface area contributed by atoms with E-state index in [1.165, 1.54) is 49.4 Å². The van der Waals surface area contributed by atoms with Gasteiger partial charge in [-0.1, -0.05) is 12.1 Å². The molecule has 3 heterocycles. The Hall–Kier alpha value is -3.51. The Balaban J connectivity index is 1.43. The number of esters is 1. The standard InChI is InChI=1S/C29H34O15/c1-12-22(36)23(37)24(38)28(40-12)44-26-25(43-21(35)7-3-13-2-5-15(31)17(33)8-13)19(10-30)42-29-27(26)41-20(11-39-29)14-4-6-16(32)18(34)9-14/h2-9,12,19-20,22-34,36-38H,10-11H2,1H3/t12-,19-,20+,22+,23-,24-,25-,26-,27+,28+,29-/m1/s1. The van der Waals surface area contributed by atoms with E-state index < -0.39 is 91.6 Å². The van der Waals surface area contributed by atoms with E-state index in [-0.39, 0.29) is 18.1 Å². The molecule has 2 aromatic rings. The van der Waals surface area contributed by atoms with Gasteiger partial charge in [0.25, 0.3) is 0 Å². The smallest absolute Gasteiger partial charge is 0.331 e. The maximum absolute atomic E-state index is 13.0. The summed E-state index contributed by atoms with van der Waals surface area (Å²) >= 11 is 0. The van der Waals surface area contributed by atoms with E-state index in [1.54, 1.807) is 0 Å². The summed E-state index contributed by atoms with van der Waals surface area (Å²) < 4.78 is 35.3. The molecule has 0 amide bonds. The van der Waals surface area contributed by atoms with Crippen molar-refractivity contribution in [1.29, 1.82) is 0 Å². The summed E-state index contributed by atoms with van der Waals surface area (Å²) in [7, 11) is 0. The quantitative estimate of drug-likeness (QED) is 0.111. The zero-order valence-electron chi connectivity index (χ0n) is 23.3. The van der Waals surface area contributed by atoms with Crippen LogP contribution in [0.15, 0.2) is 42.5 Å². The second kappa shape index (κ2) is 13.2. The third kappa shape index (κ3) is 6.61. The number of aliphatic hydroxyl groups is 4. The van der Waals surface area contributed by atoms with Gasteiger partial charge < -0.3 is 69.3 Å². The number of benzene rings is 2. The highest BCUT2D eigenvalue weighted by Crippen LogP contribution is 2.39. The fraction of sp³-hybridized carbons (Fsp3) is 0.483. The molecule has 5 rings (SSSR count). The second-order valence-electron chi connectivity index (χ2n) is 10.7. The second-order valence-corrected chi connectivity index (χ2v) is 10.7. The lowest BCUT2D eigenvalue weighted by Gasteiger charge is -2.50. The van der Waals surface area contributed by atoms with Gasteiger partial charge in [-0.15, -0.1) is 0 Å². The number of carbonyl (C=O) groups is 1. The number of hydrogen-bond donors (Lipinski definition) is 8. The molecule has 2 aromatic carbocycles. The maximum atomic E-state index is 13.0. The van der Waals surface area contributed by atoms with Crippen molar-refractivity contribution in [2.24, 2.45) is 0 Å². The van der Waals surface area contributed by atoms with Gasteiger partial charge in [0.2, 0.25) is 0 Å². The van der Waals surface area contributed by atoms with Gasteiger partial charge in [0.1, 0.15) is 42.7 Å². The number of aliphatic hydroxyl groups excluding tert-OH is 4. The van der Waals surface area contributed by atoms with Crippen LogP contribution in [0.1, 0.15) is 24.2 Å². The zero-order valence-corrected chi connectivity index (χ0v) is 23.3. The summed E-state index contributed by atoms with van der Waals surface area (Å²) in [5.74, 6) is -2.43. The van der Waals surface area contributed by atoms with Crippen molar-refractivity contribution in [3.63, 3.8) is 0 Å². The number of carbonyl (C=O) groups excluding carboxylic acids is 1. The highest BCUT2D eigenvalue weighted by molar-refractivity contribution is 5.87. The van der Waals surface area contributed by atoms with Crippen LogP contribution in [0.2, 0.25) is 0 Å². The summed E-state index contributed by atoms with van der Waals surface area (Å²) in [5, 5.41) is 80.3. The lowest BCUT2D eigenvalue weighted by Crippen LogP contribution is -2.66. The van der Waals surface area contributed by atoms with E-state index in [1.807, 2.05) is 0 Å². The van der Waals surface area contributed by atoms with E-state index in [2.05, 4.69) is 0 Å². The molecule has 15 heteroatoms. The van der Waals surface area contributed by atoms with Crippen LogP contribution in [-0.2, 0) is 33.2 Å². The Bertz CT molecular complexity index is 1350. The highest BCUT2D eigenvalue weighted by atomic mass is 16.8. The number of phenols is 4. The Kier molecular flexibility index (Phi) is 9.59. The topological polar surface area (TPSA) is 234 Å².